The first-order valence-corrected chi connectivity index (χ1v) is 12.9. The number of fused-ring (bicyclic) bond motifs is 1. The first-order valence-electron chi connectivity index (χ1n) is 11.4. The molecule has 1 fully saturated rings. The quantitative estimate of drug-likeness (QED) is 0.525. The third kappa shape index (κ3) is 4.76. The van der Waals surface area contributed by atoms with Gasteiger partial charge in [-0.15, -0.1) is 0 Å². The molecule has 1 aliphatic heterocycles. The van der Waals surface area contributed by atoms with Crippen LogP contribution in [0.5, 0.6) is 11.5 Å². The first-order chi connectivity index (χ1) is 16.3. The molecule has 1 N–H and O–H groups in total. The van der Waals surface area contributed by atoms with E-state index in [0.29, 0.717) is 36.0 Å². The molecule has 1 saturated heterocycles. The van der Waals surface area contributed by atoms with E-state index in [1.807, 2.05) is 35.9 Å². The minimum atomic E-state index is -3.51. The first kappa shape index (κ1) is 24.1. The second-order valence-electron chi connectivity index (χ2n) is 8.48. The van der Waals surface area contributed by atoms with Gasteiger partial charge in [-0.2, -0.15) is 4.31 Å². The van der Waals surface area contributed by atoms with E-state index >= 15 is 0 Å². The van der Waals surface area contributed by atoms with Crippen molar-refractivity contribution in [2.24, 2.45) is 0 Å². The Hall–Kier alpha value is -3.04. The molecule has 34 heavy (non-hydrogen) atoms. The summed E-state index contributed by atoms with van der Waals surface area (Å²) in [6.45, 7) is 3.27. The Morgan fingerprint density at radius 3 is 2.50 bits per heavy atom. The molecule has 0 radical (unpaired) electrons. The molecule has 0 aliphatic carbocycles. The van der Waals surface area contributed by atoms with Crippen LogP contribution in [0.15, 0.2) is 53.6 Å². The number of methoxy groups -OCH3 is 2. The Labute approximate surface area is 200 Å². The predicted octanol–water partition coefficient (Wildman–Crippen LogP) is 3.71. The van der Waals surface area contributed by atoms with Crippen molar-refractivity contribution < 1.29 is 22.7 Å². The lowest BCUT2D eigenvalue weighted by Gasteiger charge is -2.26. The number of rotatable bonds is 8. The lowest BCUT2D eigenvalue weighted by atomic mass is 10.2. The SMILES string of the molecule is COc1ccc(CNC(=O)C(C)n2ccc3cc(S(=O)(=O)N4CCCCC4)ccc32)c(OC)c1. The molecule has 2 aromatic carbocycles. The molecule has 0 bridgehead atoms. The fourth-order valence-corrected chi connectivity index (χ4v) is 5.90. The summed E-state index contributed by atoms with van der Waals surface area (Å²) in [4.78, 5) is 13.2. The molecule has 9 heteroatoms. The smallest absolute Gasteiger partial charge is 0.243 e. The molecule has 0 spiro atoms. The number of carbonyl (C=O) groups excluding carboxylic acids is 1. The average molecular weight is 486 g/mol. The van der Waals surface area contributed by atoms with Crippen LogP contribution in [-0.4, -0.2) is 50.5 Å². The number of benzene rings is 2. The van der Waals surface area contributed by atoms with Crippen LogP contribution in [0.4, 0.5) is 0 Å². The normalized spacial score (nSPS) is 15.7. The molecule has 2 heterocycles. The Morgan fingerprint density at radius 2 is 1.79 bits per heavy atom. The number of piperidine rings is 1. The monoisotopic (exact) mass is 485 g/mol. The number of nitrogens with zero attached hydrogens (tertiary/aromatic N) is 2. The minimum Gasteiger partial charge on any atom is -0.497 e. The van der Waals surface area contributed by atoms with Crippen molar-refractivity contribution in [2.75, 3.05) is 27.3 Å². The van der Waals surface area contributed by atoms with Crippen LogP contribution in [0.3, 0.4) is 0 Å². The third-order valence-corrected chi connectivity index (χ3v) is 8.28. The highest BCUT2D eigenvalue weighted by Gasteiger charge is 2.26. The largest absolute Gasteiger partial charge is 0.497 e. The summed E-state index contributed by atoms with van der Waals surface area (Å²) < 4.78 is 40.1. The highest BCUT2D eigenvalue weighted by molar-refractivity contribution is 7.89. The molecule has 1 aliphatic rings. The summed E-state index contributed by atoms with van der Waals surface area (Å²) in [7, 11) is -0.341. The van der Waals surface area contributed by atoms with Crippen molar-refractivity contribution in [2.45, 2.75) is 43.7 Å². The summed E-state index contributed by atoms with van der Waals surface area (Å²) in [5.41, 5.74) is 1.65. The van der Waals surface area contributed by atoms with E-state index in [9.17, 15) is 13.2 Å². The molecule has 1 aromatic heterocycles. The van der Waals surface area contributed by atoms with Crippen molar-refractivity contribution in [1.29, 1.82) is 0 Å². The van der Waals surface area contributed by atoms with Crippen LogP contribution in [0.2, 0.25) is 0 Å². The molecule has 8 nitrogen and oxygen atoms in total. The molecular formula is C25H31N3O5S. The topological polar surface area (TPSA) is 89.9 Å². The highest BCUT2D eigenvalue weighted by atomic mass is 32.2. The van der Waals surface area contributed by atoms with E-state index in [-0.39, 0.29) is 5.91 Å². The standard InChI is InChI=1S/C25H31N3O5S/c1-18(25(29)26-17-20-7-8-21(32-2)16-24(20)33-3)28-14-11-19-15-22(9-10-23(19)28)34(30,31)27-12-5-4-6-13-27/h7-11,14-16,18H,4-6,12-13,17H2,1-3H3,(H,26,29). The summed E-state index contributed by atoms with van der Waals surface area (Å²) in [5.74, 6) is 1.17. The van der Waals surface area contributed by atoms with Gasteiger partial charge < -0.3 is 19.4 Å². The predicted molar refractivity (Wildman–Crippen MR) is 131 cm³/mol. The summed E-state index contributed by atoms with van der Waals surface area (Å²) in [5, 5.41) is 3.75. The number of hydrogen-bond donors (Lipinski definition) is 1. The van der Waals surface area contributed by atoms with E-state index in [4.69, 9.17) is 9.47 Å². The Balaban J connectivity index is 1.49. The van der Waals surface area contributed by atoms with Crippen LogP contribution in [0.25, 0.3) is 10.9 Å². The molecule has 3 aromatic rings. The molecule has 1 amide bonds. The zero-order chi connectivity index (χ0) is 24.3. The zero-order valence-corrected chi connectivity index (χ0v) is 20.6. The van der Waals surface area contributed by atoms with Gasteiger partial charge in [0.2, 0.25) is 15.9 Å². The van der Waals surface area contributed by atoms with Crippen LogP contribution >= 0.6 is 0 Å². The van der Waals surface area contributed by atoms with E-state index in [2.05, 4.69) is 5.32 Å². The van der Waals surface area contributed by atoms with Crippen LogP contribution in [-0.2, 0) is 21.4 Å². The van der Waals surface area contributed by atoms with Gasteiger partial charge >= 0.3 is 0 Å². The van der Waals surface area contributed by atoms with Gasteiger partial charge in [-0.3, -0.25) is 4.79 Å². The summed E-state index contributed by atoms with van der Waals surface area (Å²) in [6, 6.07) is 11.9. The number of hydrogen-bond acceptors (Lipinski definition) is 5. The van der Waals surface area contributed by atoms with Gasteiger partial charge in [-0.25, -0.2) is 8.42 Å². The number of sulfonamides is 1. The zero-order valence-electron chi connectivity index (χ0n) is 19.8. The number of amides is 1. The maximum Gasteiger partial charge on any atom is 0.243 e. The number of ether oxygens (including phenoxy) is 2. The fourth-order valence-electron chi connectivity index (χ4n) is 4.35. The van der Waals surface area contributed by atoms with Gasteiger partial charge in [0.1, 0.15) is 17.5 Å². The van der Waals surface area contributed by atoms with Gasteiger partial charge in [-0.1, -0.05) is 6.42 Å². The Morgan fingerprint density at radius 1 is 1.03 bits per heavy atom. The van der Waals surface area contributed by atoms with Crippen molar-refractivity contribution >= 4 is 26.8 Å². The van der Waals surface area contributed by atoms with Crippen molar-refractivity contribution in [3.05, 3.63) is 54.2 Å². The molecule has 1 unspecified atom stereocenters. The van der Waals surface area contributed by atoms with E-state index in [1.165, 1.54) is 0 Å². The van der Waals surface area contributed by atoms with Crippen molar-refractivity contribution in [1.82, 2.24) is 14.2 Å². The number of aromatic nitrogens is 1. The maximum atomic E-state index is 13.0. The minimum absolute atomic E-state index is 0.152. The maximum absolute atomic E-state index is 13.0. The van der Waals surface area contributed by atoms with Gasteiger partial charge in [-0.05, 0) is 56.2 Å². The molecule has 182 valence electrons. The van der Waals surface area contributed by atoms with Crippen LogP contribution in [0.1, 0.15) is 37.8 Å². The van der Waals surface area contributed by atoms with Crippen LogP contribution in [0, 0.1) is 0 Å². The van der Waals surface area contributed by atoms with Crippen molar-refractivity contribution in [3.8, 4) is 11.5 Å². The molecule has 1 atom stereocenters. The third-order valence-electron chi connectivity index (χ3n) is 6.39. The summed E-state index contributed by atoms with van der Waals surface area (Å²) >= 11 is 0. The lowest BCUT2D eigenvalue weighted by Crippen LogP contribution is -2.35. The average Bonchev–Trinajstić information content (AvgIpc) is 3.30. The van der Waals surface area contributed by atoms with Gasteiger partial charge in [0, 0.05) is 48.4 Å². The fraction of sp³-hybridized carbons (Fsp3) is 0.400. The second-order valence-corrected chi connectivity index (χ2v) is 10.4. The van der Waals surface area contributed by atoms with Crippen LogP contribution < -0.4 is 14.8 Å². The lowest BCUT2D eigenvalue weighted by molar-refractivity contribution is -0.123. The number of nitrogens with one attached hydrogen (secondary N) is 1. The molecular weight excluding hydrogens is 454 g/mol. The Kier molecular flexibility index (Phi) is 7.13. The molecule has 0 saturated carbocycles. The van der Waals surface area contributed by atoms with Gasteiger partial charge in [0.25, 0.3) is 0 Å². The number of carbonyl (C=O) groups is 1. The van der Waals surface area contributed by atoms with Crippen molar-refractivity contribution in [3.63, 3.8) is 0 Å². The highest BCUT2D eigenvalue weighted by Crippen LogP contribution is 2.27. The second kappa shape index (κ2) is 10.1. The van der Waals surface area contributed by atoms with Gasteiger partial charge in [0.05, 0.1) is 19.1 Å². The summed E-state index contributed by atoms with van der Waals surface area (Å²) in [6.07, 6.45) is 4.68. The van der Waals surface area contributed by atoms with E-state index in [0.717, 1.165) is 35.7 Å². The Bertz CT molecular complexity index is 1280. The van der Waals surface area contributed by atoms with E-state index in [1.54, 1.807) is 42.8 Å². The van der Waals surface area contributed by atoms with Gasteiger partial charge in [0.15, 0.2) is 0 Å². The molecule has 4 rings (SSSR count). The van der Waals surface area contributed by atoms with E-state index < -0.39 is 16.1 Å².